The van der Waals surface area contributed by atoms with Crippen LogP contribution in [0.25, 0.3) is 0 Å². The SMILES string of the molecule is OCC1(N2CCNCC2)CCC(C(F)(F)F)CC1. The highest BCUT2D eigenvalue weighted by Gasteiger charge is 2.47. The predicted molar refractivity (Wildman–Crippen MR) is 62.3 cm³/mol. The lowest BCUT2D eigenvalue weighted by molar-refractivity contribution is -0.190. The average molecular weight is 266 g/mol. The highest BCUT2D eigenvalue weighted by molar-refractivity contribution is 4.97. The molecule has 1 saturated carbocycles. The molecule has 1 aliphatic heterocycles. The summed E-state index contributed by atoms with van der Waals surface area (Å²) in [5, 5.41) is 12.9. The summed E-state index contributed by atoms with van der Waals surface area (Å²) in [6.07, 6.45) is -2.88. The van der Waals surface area contributed by atoms with Gasteiger partial charge in [0.25, 0.3) is 0 Å². The van der Waals surface area contributed by atoms with Gasteiger partial charge in [0.15, 0.2) is 0 Å². The van der Waals surface area contributed by atoms with Crippen LogP contribution in [0.4, 0.5) is 13.2 Å². The van der Waals surface area contributed by atoms with E-state index in [0.717, 1.165) is 26.2 Å². The summed E-state index contributed by atoms with van der Waals surface area (Å²) in [5.74, 6) is -1.18. The molecule has 2 N–H and O–H groups in total. The van der Waals surface area contributed by atoms with Gasteiger partial charge in [-0.1, -0.05) is 0 Å². The number of nitrogens with one attached hydrogen (secondary N) is 1. The van der Waals surface area contributed by atoms with Crippen molar-refractivity contribution in [2.24, 2.45) is 5.92 Å². The third-order valence-corrected chi connectivity index (χ3v) is 4.46. The Morgan fingerprint density at radius 1 is 1.17 bits per heavy atom. The van der Waals surface area contributed by atoms with Crippen molar-refractivity contribution in [2.45, 2.75) is 37.4 Å². The van der Waals surface area contributed by atoms with Crippen LogP contribution in [0.2, 0.25) is 0 Å². The second-order valence-electron chi connectivity index (χ2n) is 5.44. The van der Waals surface area contributed by atoms with Crippen LogP contribution in [-0.2, 0) is 0 Å². The van der Waals surface area contributed by atoms with Crippen molar-refractivity contribution >= 4 is 0 Å². The molecule has 0 bridgehead atoms. The van der Waals surface area contributed by atoms with Crippen molar-refractivity contribution in [3.8, 4) is 0 Å². The first-order valence-electron chi connectivity index (χ1n) is 6.61. The Balaban J connectivity index is 1.99. The summed E-state index contributed by atoms with van der Waals surface area (Å²) in [6, 6.07) is 0. The highest BCUT2D eigenvalue weighted by atomic mass is 19.4. The van der Waals surface area contributed by atoms with Crippen molar-refractivity contribution in [1.29, 1.82) is 0 Å². The number of halogens is 3. The quantitative estimate of drug-likeness (QED) is 0.792. The topological polar surface area (TPSA) is 35.5 Å². The van der Waals surface area contributed by atoms with Gasteiger partial charge in [-0.3, -0.25) is 4.90 Å². The zero-order chi connectivity index (χ0) is 13.2. The second kappa shape index (κ2) is 5.35. The molecule has 106 valence electrons. The Morgan fingerprint density at radius 2 is 1.72 bits per heavy atom. The van der Waals surface area contributed by atoms with Crippen molar-refractivity contribution in [2.75, 3.05) is 32.8 Å². The summed E-state index contributed by atoms with van der Waals surface area (Å²) in [5.41, 5.74) is -0.413. The normalized spacial score (nSPS) is 35.7. The molecule has 1 saturated heterocycles. The van der Waals surface area contributed by atoms with Gasteiger partial charge in [-0.2, -0.15) is 13.2 Å². The second-order valence-corrected chi connectivity index (χ2v) is 5.44. The van der Waals surface area contributed by atoms with Gasteiger partial charge in [-0.15, -0.1) is 0 Å². The van der Waals surface area contributed by atoms with E-state index in [1.54, 1.807) is 0 Å². The average Bonchev–Trinajstić information content (AvgIpc) is 2.39. The number of hydrogen-bond acceptors (Lipinski definition) is 3. The number of alkyl halides is 3. The van der Waals surface area contributed by atoms with Gasteiger partial charge in [0, 0.05) is 31.7 Å². The van der Waals surface area contributed by atoms with Crippen LogP contribution in [0.15, 0.2) is 0 Å². The minimum absolute atomic E-state index is 0.0302. The van der Waals surface area contributed by atoms with Gasteiger partial charge in [-0.25, -0.2) is 0 Å². The van der Waals surface area contributed by atoms with Crippen molar-refractivity contribution in [1.82, 2.24) is 10.2 Å². The van der Waals surface area contributed by atoms with Crippen LogP contribution in [-0.4, -0.2) is 54.5 Å². The van der Waals surface area contributed by atoms with E-state index in [1.807, 2.05) is 0 Å². The van der Waals surface area contributed by atoms with E-state index in [2.05, 4.69) is 10.2 Å². The number of nitrogens with zero attached hydrogens (tertiary/aromatic N) is 1. The van der Waals surface area contributed by atoms with E-state index in [9.17, 15) is 18.3 Å². The Morgan fingerprint density at radius 3 is 2.17 bits per heavy atom. The molecule has 0 atom stereocenters. The molecule has 0 aromatic heterocycles. The Hall–Kier alpha value is -0.330. The van der Waals surface area contributed by atoms with Crippen molar-refractivity contribution in [3.05, 3.63) is 0 Å². The van der Waals surface area contributed by atoms with Gasteiger partial charge in [0.2, 0.25) is 0 Å². The van der Waals surface area contributed by atoms with E-state index in [4.69, 9.17) is 0 Å². The van der Waals surface area contributed by atoms with E-state index in [1.165, 1.54) is 0 Å². The van der Waals surface area contributed by atoms with Crippen molar-refractivity contribution < 1.29 is 18.3 Å². The van der Waals surface area contributed by atoms with Crippen LogP contribution in [0, 0.1) is 5.92 Å². The zero-order valence-corrected chi connectivity index (χ0v) is 10.5. The predicted octanol–water partition coefficient (Wildman–Crippen LogP) is 1.38. The van der Waals surface area contributed by atoms with Gasteiger partial charge in [0.1, 0.15) is 0 Å². The molecule has 0 unspecified atom stereocenters. The van der Waals surface area contributed by atoms with Gasteiger partial charge < -0.3 is 10.4 Å². The molecule has 0 aromatic rings. The number of piperazine rings is 1. The largest absolute Gasteiger partial charge is 0.394 e. The summed E-state index contributed by atoms with van der Waals surface area (Å²) < 4.78 is 38.0. The first-order chi connectivity index (χ1) is 8.48. The molecular formula is C12H21F3N2O. The number of hydrogen-bond donors (Lipinski definition) is 2. The van der Waals surface area contributed by atoms with Gasteiger partial charge >= 0.3 is 6.18 Å². The standard InChI is InChI=1S/C12H21F3N2O/c13-12(14,15)10-1-3-11(9-18,4-2-10)17-7-5-16-6-8-17/h10,16,18H,1-9H2. The van der Waals surface area contributed by atoms with E-state index < -0.39 is 17.6 Å². The minimum atomic E-state index is -4.08. The van der Waals surface area contributed by atoms with Crippen molar-refractivity contribution in [3.63, 3.8) is 0 Å². The van der Waals surface area contributed by atoms with E-state index >= 15 is 0 Å². The van der Waals surface area contributed by atoms with Crippen LogP contribution in [0.3, 0.4) is 0 Å². The molecular weight excluding hydrogens is 245 g/mol. The molecule has 1 aliphatic carbocycles. The molecule has 0 spiro atoms. The molecule has 0 aromatic carbocycles. The summed E-state index contributed by atoms with van der Waals surface area (Å²) >= 11 is 0. The van der Waals surface area contributed by atoms with Crippen LogP contribution < -0.4 is 5.32 Å². The summed E-state index contributed by atoms with van der Waals surface area (Å²) in [4.78, 5) is 2.18. The Labute approximate surface area is 105 Å². The maximum atomic E-state index is 12.7. The molecule has 1 heterocycles. The number of aliphatic hydroxyl groups is 1. The lowest BCUT2D eigenvalue weighted by Crippen LogP contribution is -2.59. The molecule has 18 heavy (non-hydrogen) atoms. The molecule has 0 amide bonds. The van der Waals surface area contributed by atoms with Gasteiger partial charge in [-0.05, 0) is 25.7 Å². The molecule has 2 fully saturated rings. The van der Waals surface area contributed by atoms with E-state index in [-0.39, 0.29) is 19.4 Å². The minimum Gasteiger partial charge on any atom is -0.394 e. The maximum absolute atomic E-state index is 12.7. The van der Waals surface area contributed by atoms with Gasteiger partial charge in [0.05, 0.1) is 12.5 Å². The maximum Gasteiger partial charge on any atom is 0.391 e. The zero-order valence-electron chi connectivity index (χ0n) is 10.5. The number of rotatable bonds is 2. The Kier molecular flexibility index (Phi) is 4.18. The summed E-state index contributed by atoms with van der Waals surface area (Å²) in [6.45, 7) is 3.31. The molecule has 0 radical (unpaired) electrons. The smallest absolute Gasteiger partial charge is 0.391 e. The monoisotopic (exact) mass is 266 g/mol. The third kappa shape index (κ3) is 2.81. The van der Waals surface area contributed by atoms with Crippen LogP contribution in [0.5, 0.6) is 0 Å². The lowest BCUT2D eigenvalue weighted by Gasteiger charge is -2.48. The molecule has 6 heteroatoms. The first kappa shape index (κ1) is 14.1. The fraction of sp³-hybridized carbons (Fsp3) is 1.00. The highest BCUT2D eigenvalue weighted by Crippen LogP contribution is 2.43. The number of aliphatic hydroxyl groups excluding tert-OH is 1. The Bertz CT molecular complexity index is 269. The van der Waals surface area contributed by atoms with E-state index in [0.29, 0.717) is 12.8 Å². The summed E-state index contributed by atoms with van der Waals surface area (Å²) in [7, 11) is 0. The molecule has 2 rings (SSSR count). The fourth-order valence-electron chi connectivity index (χ4n) is 3.20. The van der Waals surface area contributed by atoms with Crippen LogP contribution >= 0.6 is 0 Å². The molecule has 3 nitrogen and oxygen atoms in total. The fourth-order valence-corrected chi connectivity index (χ4v) is 3.20. The molecule has 2 aliphatic rings. The lowest BCUT2D eigenvalue weighted by atomic mass is 9.75. The third-order valence-electron chi connectivity index (χ3n) is 4.46. The first-order valence-corrected chi connectivity index (χ1v) is 6.61. The van der Waals surface area contributed by atoms with Crippen LogP contribution in [0.1, 0.15) is 25.7 Å².